The van der Waals surface area contributed by atoms with Crippen LogP contribution in [0.3, 0.4) is 0 Å². The van der Waals surface area contributed by atoms with E-state index in [2.05, 4.69) is 10.0 Å². The number of hydrogen-bond donors (Lipinski definition) is 2. The van der Waals surface area contributed by atoms with Crippen molar-refractivity contribution in [3.63, 3.8) is 0 Å². The summed E-state index contributed by atoms with van der Waals surface area (Å²) in [7, 11) is -0.686. The Morgan fingerprint density at radius 1 is 1.15 bits per heavy atom. The summed E-state index contributed by atoms with van der Waals surface area (Å²) in [5.74, 6) is -0.195. The molecule has 0 aliphatic heterocycles. The van der Waals surface area contributed by atoms with Gasteiger partial charge >= 0.3 is 10.2 Å². The maximum Gasteiger partial charge on any atom is 0.301 e. The van der Waals surface area contributed by atoms with Crippen LogP contribution < -0.4 is 10.0 Å². The summed E-state index contributed by atoms with van der Waals surface area (Å²) in [4.78, 5) is 12.5. The van der Waals surface area contributed by atoms with Gasteiger partial charge in [-0.15, -0.1) is 0 Å². The summed E-state index contributed by atoms with van der Waals surface area (Å²) in [6, 6.07) is 12.0. The lowest BCUT2D eigenvalue weighted by Crippen LogP contribution is -2.29. The van der Waals surface area contributed by atoms with Gasteiger partial charge in [-0.3, -0.25) is 9.52 Å². The third-order valence-electron chi connectivity index (χ3n) is 4.36. The second-order valence-electron chi connectivity index (χ2n) is 6.37. The van der Waals surface area contributed by atoms with E-state index in [0.717, 1.165) is 28.3 Å². The third-order valence-corrected chi connectivity index (χ3v) is 6.05. The fraction of sp³-hybridized carbons (Fsp3) is 0.278. The number of hydrogen-bond acceptors (Lipinski definition) is 3. The normalized spacial score (nSPS) is 16.4. The highest BCUT2D eigenvalue weighted by Crippen LogP contribution is 2.33. The summed E-state index contributed by atoms with van der Waals surface area (Å²) in [5, 5.41) is 3.73. The molecule has 0 spiro atoms. The molecule has 1 aliphatic rings. The molecule has 2 aromatic carbocycles. The molecule has 1 aliphatic carbocycles. The first kappa shape index (κ1) is 18.7. The van der Waals surface area contributed by atoms with Gasteiger partial charge < -0.3 is 5.32 Å². The van der Waals surface area contributed by atoms with Crippen molar-refractivity contribution >= 4 is 33.4 Å². The van der Waals surface area contributed by atoms with E-state index in [0.29, 0.717) is 16.3 Å². The molecule has 1 unspecified atom stereocenters. The second kappa shape index (κ2) is 7.26. The Bertz CT molecular complexity index is 927. The molecule has 3 rings (SSSR count). The molecule has 0 bridgehead atoms. The van der Waals surface area contributed by atoms with E-state index < -0.39 is 10.2 Å². The van der Waals surface area contributed by atoms with Crippen LogP contribution in [0.15, 0.2) is 42.5 Å². The summed E-state index contributed by atoms with van der Waals surface area (Å²) >= 11 is 6.01. The van der Waals surface area contributed by atoms with Crippen molar-refractivity contribution in [2.24, 2.45) is 0 Å². The predicted molar refractivity (Wildman–Crippen MR) is 103 cm³/mol. The van der Waals surface area contributed by atoms with Crippen LogP contribution >= 0.6 is 11.6 Å². The van der Waals surface area contributed by atoms with Crippen LogP contribution in [-0.2, 0) is 16.6 Å². The molecule has 0 saturated carbocycles. The Hall–Kier alpha value is -2.09. The van der Waals surface area contributed by atoms with E-state index in [1.165, 1.54) is 14.1 Å². The van der Waals surface area contributed by atoms with Gasteiger partial charge in [-0.1, -0.05) is 17.7 Å². The van der Waals surface area contributed by atoms with Crippen molar-refractivity contribution in [2.75, 3.05) is 18.8 Å². The topological polar surface area (TPSA) is 78.5 Å². The summed E-state index contributed by atoms with van der Waals surface area (Å²) in [5.41, 5.74) is 3.13. The van der Waals surface area contributed by atoms with Gasteiger partial charge in [-0.05, 0) is 60.4 Å². The number of fused-ring (bicyclic) bond motifs is 1. The van der Waals surface area contributed by atoms with E-state index >= 15 is 0 Å². The summed E-state index contributed by atoms with van der Waals surface area (Å²) < 4.78 is 27.1. The second-order valence-corrected chi connectivity index (χ2v) is 8.70. The van der Waals surface area contributed by atoms with Crippen LogP contribution in [-0.4, -0.2) is 32.7 Å². The van der Waals surface area contributed by atoms with E-state index in [1.807, 2.05) is 18.2 Å². The molecule has 0 aromatic heterocycles. The van der Waals surface area contributed by atoms with Crippen LogP contribution in [0, 0.1) is 0 Å². The number of halogens is 1. The molecule has 6 nitrogen and oxygen atoms in total. The Morgan fingerprint density at radius 3 is 2.50 bits per heavy atom. The van der Waals surface area contributed by atoms with Gasteiger partial charge in [-0.25, -0.2) is 0 Å². The van der Waals surface area contributed by atoms with Crippen LogP contribution in [0.4, 0.5) is 5.69 Å². The standard InChI is InChI=1S/C18H20ClN3O3S/c1-22(2)26(24,25)21-15-7-3-12(4-8-15)18(23)20-17-10-5-13-11-14(19)6-9-16(13)17/h3-4,6-9,11,17,21H,5,10H2,1-2H3,(H,20,23). The zero-order chi connectivity index (χ0) is 18.9. The van der Waals surface area contributed by atoms with Gasteiger partial charge in [0.1, 0.15) is 0 Å². The van der Waals surface area contributed by atoms with Gasteiger partial charge in [0.25, 0.3) is 5.91 Å². The van der Waals surface area contributed by atoms with Crippen molar-refractivity contribution in [2.45, 2.75) is 18.9 Å². The van der Waals surface area contributed by atoms with Crippen molar-refractivity contribution < 1.29 is 13.2 Å². The SMILES string of the molecule is CN(C)S(=O)(=O)Nc1ccc(C(=O)NC2CCc3cc(Cl)ccc32)cc1. The first-order chi connectivity index (χ1) is 12.3. The fourth-order valence-electron chi connectivity index (χ4n) is 2.91. The van der Waals surface area contributed by atoms with Crippen molar-refractivity contribution in [1.29, 1.82) is 0 Å². The van der Waals surface area contributed by atoms with Gasteiger partial charge in [0, 0.05) is 30.4 Å². The number of nitrogens with one attached hydrogen (secondary N) is 2. The van der Waals surface area contributed by atoms with Crippen molar-refractivity contribution in [1.82, 2.24) is 9.62 Å². The quantitative estimate of drug-likeness (QED) is 0.819. The lowest BCUT2D eigenvalue weighted by Gasteiger charge is -2.15. The predicted octanol–water partition coefficient (Wildman–Crippen LogP) is 2.98. The lowest BCUT2D eigenvalue weighted by molar-refractivity contribution is 0.0936. The largest absolute Gasteiger partial charge is 0.345 e. The molecular formula is C18H20ClN3O3S. The lowest BCUT2D eigenvalue weighted by atomic mass is 10.1. The highest BCUT2D eigenvalue weighted by Gasteiger charge is 2.24. The minimum atomic E-state index is -3.57. The molecule has 0 heterocycles. The number of carbonyl (C=O) groups is 1. The zero-order valence-corrected chi connectivity index (χ0v) is 16.1. The Morgan fingerprint density at radius 2 is 1.85 bits per heavy atom. The minimum Gasteiger partial charge on any atom is -0.345 e. The minimum absolute atomic E-state index is 0.0401. The first-order valence-corrected chi connectivity index (χ1v) is 9.97. The fourth-order valence-corrected chi connectivity index (χ4v) is 3.72. The number of nitrogens with zero attached hydrogens (tertiary/aromatic N) is 1. The van der Waals surface area contributed by atoms with Gasteiger partial charge in [0.15, 0.2) is 0 Å². The molecular weight excluding hydrogens is 374 g/mol. The molecule has 2 N–H and O–H groups in total. The summed E-state index contributed by atoms with van der Waals surface area (Å²) in [6.45, 7) is 0. The Balaban J connectivity index is 1.68. The highest BCUT2D eigenvalue weighted by atomic mass is 35.5. The van der Waals surface area contributed by atoms with Gasteiger partial charge in [0.05, 0.1) is 6.04 Å². The molecule has 26 heavy (non-hydrogen) atoms. The monoisotopic (exact) mass is 393 g/mol. The van der Waals surface area contributed by atoms with Gasteiger partial charge in [-0.2, -0.15) is 12.7 Å². The number of benzene rings is 2. The number of anilines is 1. The zero-order valence-electron chi connectivity index (χ0n) is 14.5. The average molecular weight is 394 g/mol. The van der Waals surface area contributed by atoms with E-state index in [1.54, 1.807) is 24.3 Å². The number of amides is 1. The Labute approximate surface area is 158 Å². The molecule has 0 saturated heterocycles. The van der Waals surface area contributed by atoms with E-state index in [4.69, 9.17) is 11.6 Å². The molecule has 2 aromatic rings. The molecule has 1 atom stereocenters. The van der Waals surface area contributed by atoms with Crippen molar-refractivity contribution in [3.8, 4) is 0 Å². The van der Waals surface area contributed by atoms with Crippen LogP contribution in [0.5, 0.6) is 0 Å². The molecule has 0 fully saturated rings. The maximum absolute atomic E-state index is 12.5. The van der Waals surface area contributed by atoms with Gasteiger partial charge in [0.2, 0.25) is 0 Å². The third kappa shape index (κ3) is 4.00. The number of rotatable bonds is 5. The van der Waals surface area contributed by atoms with E-state index in [-0.39, 0.29) is 11.9 Å². The highest BCUT2D eigenvalue weighted by molar-refractivity contribution is 7.90. The maximum atomic E-state index is 12.5. The average Bonchev–Trinajstić information content (AvgIpc) is 2.97. The van der Waals surface area contributed by atoms with Crippen LogP contribution in [0.1, 0.15) is 33.9 Å². The smallest absolute Gasteiger partial charge is 0.301 e. The molecule has 8 heteroatoms. The van der Waals surface area contributed by atoms with E-state index in [9.17, 15) is 13.2 Å². The van der Waals surface area contributed by atoms with Crippen molar-refractivity contribution in [3.05, 3.63) is 64.2 Å². The van der Waals surface area contributed by atoms with Crippen LogP contribution in [0.25, 0.3) is 0 Å². The van der Waals surface area contributed by atoms with Crippen LogP contribution in [0.2, 0.25) is 5.02 Å². The Kier molecular flexibility index (Phi) is 5.22. The molecule has 0 radical (unpaired) electrons. The number of carbonyl (C=O) groups excluding carboxylic acids is 1. The molecule has 1 amide bonds. The first-order valence-electron chi connectivity index (χ1n) is 8.16. The molecule has 138 valence electrons. The summed E-state index contributed by atoms with van der Waals surface area (Å²) in [6.07, 6.45) is 1.72. The number of aryl methyl sites for hydroxylation is 1.